The Morgan fingerprint density at radius 3 is 2.67 bits per heavy atom. The molecule has 1 aliphatic carbocycles. The summed E-state index contributed by atoms with van der Waals surface area (Å²) in [6.07, 6.45) is 9.47. The normalized spacial score (nSPS) is 18.5. The molecule has 1 saturated heterocycles. The van der Waals surface area contributed by atoms with E-state index < -0.39 is 0 Å². The van der Waals surface area contributed by atoms with Crippen molar-refractivity contribution in [3.8, 4) is 0 Å². The Labute approximate surface area is 212 Å². The molecular weight excluding hydrogens is 448 g/mol. The van der Waals surface area contributed by atoms with Crippen LogP contribution in [0.3, 0.4) is 0 Å². The van der Waals surface area contributed by atoms with Crippen LogP contribution >= 0.6 is 0 Å². The lowest BCUT2D eigenvalue weighted by atomic mass is 9.93. The van der Waals surface area contributed by atoms with Gasteiger partial charge in [0.25, 0.3) is 0 Å². The molecule has 186 valence electrons. The van der Waals surface area contributed by atoms with E-state index in [2.05, 4.69) is 74.1 Å². The number of anilines is 1. The van der Waals surface area contributed by atoms with Crippen molar-refractivity contribution >= 4 is 22.5 Å². The number of aryl methyl sites for hydroxylation is 1. The molecule has 1 N–H and O–H groups in total. The molecule has 2 aromatic heterocycles. The summed E-state index contributed by atoms with van der Waals surface area (Å²) in [5, 5.41) is 13.1. The van der Waals surface area contributed by atoms with Gasteiger partial charge in [0.15, 0.2) is 0 Å². The number of hydrogen-bond donors (Lipinski definition) is 1. The minimum atomic E-state index is 0.110. The summed E-state index contributed by atoms with van der Waals surface area (Å²) in [6.45, 7) is 4.55. The van der Waals surface area contributed by atoms with Gasteiger partial charge in [-0.1, -0.05) is 37.3 Å². The van der Waals surface area contributed by atoms with Crippen LogP contribution in [0.2, 0.25) is 0 Å². The van der Waals surface area contributed by atoms with Crippen LogP contribution in [-0.2, 0) is 24.1 Å². The number of aromatic amines is 1. The minimum absolute atomic E-state index is 0.110. The van der Waals surface area contributed by atoms with Gasteiger partial charge in [-0.25, -0.2) is 0 Å². The predicted octanol–water partition coefficient (Wildman–Crippen LogP) is 4.55. The molecule has 1 aliphatic heterocycles. The van der Waals surface area contributed by atoms with Crippen molar-refractivity contribution in [1.29, 1.82) is 0 Å². The van der Waals surface area contributed by atoms with Gasteiger partial charge in [-0.3, -0.25) is 14.6 Å². The Kier molecular flexibility index (Phi) is 6.21. The molecule has 2 fully saturated rings. The number of carbonyl (C=O) groups excluding carboxylic acids is 1. The van der Waals surface area contributed by atoms with Gasteiger partial charge < -0.3 is 9.80 Å². The second kappa shape index (κ2) is 9.80. The van der Waals surface area contributed by atoms with Gasteiger partial charge in [0.05, 0.1) is 35.9 Å². The average Bonchev–Trinajstić information content (AvgIpc) is 3.51. The monoisotopic (exact) mass is 482 g/mol. The van der Waals surface area contributed by atoms with Crippen LogP contribution in [0.5, 0.6) is 0 Å². The highest BCUT2D eigenvalue weighted by atomic mass is 16.2. The highest BCUT2D eigenvalue weighted by molar-refractivity contribution is 5.86. The number of hydrogen-bond acceptors (Lipinski definition) is 4. The fraction of sp³-hybridized carbons (Fsp3) is 0.414. The molecule has 0 unspecified atom stereocenters. The smallest absolute Gasteiger partial charge is 0.227 e. The number of aromatic nitrogens is 4. The Balaban J connectivity index is 1.28. The highest BCUT2D eigenvalue weighted by Gasteiger charge is 2.31. The molecule has 2 aliphatic rings. The van der Waals surface area contributed by atoms with Crippen molar-refractivity contribution in [2.75, 3.05) is 24.5 Å². The lowest BCUT2D eigenvalue weighted by Crippen LogP contribution is -2.56. The summed E-state index contributed by atoms with van der Waals surface area (Å²) in [6, 6.07) is 18.0. The molecule has 7 nitrogen and oxygen atoms in total. The molecule has 3 heterocycles. The fourth-order valence-corrected chi connectivity index (χ4v) is 5.69. The summed E-state index contributed by atoms with van der Waals surface area (Å²) in [5.74, 6) is 0.170. The van der Waals surface area contributed by atoms with Crippen LogP contribution in [0.1, 0.15) is 49.0 Å². The van der Waals surface area contributed by atoms with Gasteiger partial charge in [-0.15, -0.1) is 0 Å². The Bertz CT molecular complexity index is 1320. The van der Waals surface area contributed by atoms with E-state index in [9.17, 15) is 4.79 Å². The fourth-order valence-electron chi connectivity index (χ4n) is 5.69. The molecular formula is C29H34N6O. The number of benzene rings is 2. The third kappa shape index (κ3) is 4.38. The first-order chi connectivity index (χ1) is 17.7. The Morgan fingerprint density at radius 1 is 1.08 bits per heavy atom. The van der Waals surface area contributed by atoms with Crippen molar-refractivity contribution in [3.05, 3.63) is 77.7 Å². The van der Waals surface area contributed by atoms with E-state index in [0.717, 1.165) is 31.5 Å². The maximum Gasteiger partial charge on any atom is 0.227 e. The maximum absolute atomic E-state index is 13.3. The SMILES string of the molecule is CCc1nn(C2CCC2)c2cc(N3CCN(C(=O)Cc4cn[nH]c4)[C@@H](Cc4ccccc4)C3)ccc12. The summed E-state index contributed by atoms with van der Waals surface area (Å²) < 4.78 is 2.29. The molecule has 36 heavy (non-hydrogen) atoms. The molecule has 0 bridgehead atoms. The molecule has 4 aromatic rings. The topological polar surface area (TPSA) is 70.1 Å². The average molecular weight is 483 g/mol. The van der Waals surface area contributed by atoms with Crippen LogP contribution in [0, 0.1) is 0 Å². The Morgan fingerprint density at radius 2 is 1.94 bits per heavy atom. The van der Waals surface area contributed by atoms with Gasteiger partial charge in [0.2, 0.25) is 5.91 Å². The molecule has 1 atom stereocenters. The third-order valence-corrected chi connectivity index (χ3v) is 7.92. The molecule has 6 rings (SSSR count). The Hall–Kier alpha value is -3.61. The standard InChI is InChI=1S/C29H34N6O/c1-2-27-26-12-11-24(17-28(26)35(32-27)23-9-6-10-23)33-13-14-34(29(36)16-22-18-30-31-19-22)25(20-33)15-21-7-4-3-5-8-21/h3-5,7-8,11-12,17-19,23,25H,2,6,9-10,13-16,20H2,1H3,(H,30,31)/t25-/m0/s1. The summed E-state index contributed by atoms with van der Waals surface area (Å²) in [7, 11) is 0. The largest absolute Gasteiger partial charge is 0.368 e. The molecule has 1 amide bonds. The van der Waals surface area contributed by atoms with E-state index in [1.54, 1.807) is 6.20 Å². The summed E-state index contributed by atoms with van der Waals surface area (Å²) in [4.78, 5) is 17.9. The van der Waals surface area contributed by atoms with Crippen molar-refractivity contribution < 1.29 is 4.79 Å². The van der Waals surface area contributed by atoms with Crippen LogP contribution in [0.25, 0.3) is 10.9 Å². The van der Waals surface area contributed by atoms with Gasteiger partial charge in [-0.05, 0) is 61.4 Å². The van der Waals surface area contributed by atoms with Gasteiger partial charge in [-0.2, -0.15) is 10.2 Å². The van der Waals surface area contributed by atoms with E-state index in [0.29, 0.717) is 19.0 Å². The zero-order chi connectivity index (χ0) is 24.5. The number of H-pyrrole nitrogens is 1. The number of nitrogens with zero attached hydrogens (tertiary/aromatic N) is 5. The number of carbonyl (C=O) groups is 1. The first kappa shape index (κ1) is 22.8. The van der Waals surface area contributed by atoms with Crippen molar-refractivity contribution in [2.24, 2.45) is 0 Å². The number of amides is 1. The zero-order valence-corrected chi connectivity index (χ0v) is 20.9. The quantitative estimate of drug-likeness (QED) is 0.420. The molecule has 2 aromatic carbocycles. The van der Waals surface area contributed by atoms with Crippen LogP contribution < -0.4 is 4.90 Å². The molecule has 1 saturated carbocycles. The van der Waals surface area contributed by atoms with Crippen LogP contribution in [0.4, 0.5) is 5.69 Å². The van der Waals surface area contributed by atoms with Crippen molar-refractivity contribution in [3.63, 3.8) is 0 Å². The highest BCUT2D eigenvalue weighted by Crippen LogP contribution is 2.36. The van der Waals surface area contributed by atoms with E-state index in [1.807, 2.05) is 12.3 Å². The summed E-state index contributed by atoms with van der Waals surface area (Å²) in [5.41, 5.74) is 5.87. The molecule has 7 heteroatoms. The van der Waals surface area contributed by atoms with Gasteiger partial charge in [0.1, 0.15) is 0 Å². The van der Waals surface area contributed by atoms with E-state index in [1.165, 1.54) is 47.1 Å². The van der Waals surface area contributed by atoms with Crippen molar-refractivity contribution in [1.82, 2.24) is 24.9 Å². The number of piperazine rings is 1. The van der Waals surface area contributed by atoms with Gasteiger partial charge >= 0.3 is 0 Å². The second-order valence-corrected chi connectivity index (χ2v) is 10.2. The number of rotatable bonds is 7. The molecule has 0 spiro atoms. The van der Waals surface area contributed by atoms with E-state index in [4.69, 9.17) is 5.10 Å². The van der Waals surface area contributed by atoms with Crippen molar-refractivity contribution in [2.45, 2.75) is 57.5 Å². The van der Waals surface area contributed by atoms with Gasteiger partial charge in [0, 0.05) is 36.9 Å². The molecule has 0 radical (unpaired) electrons. The number of nitrogens with one attached hydrogen (secondary N) is 1. The lowest BCUT2D eigenvalue weighted by Gasteiger charge is -2.43. The summed E-state index contributed by atoms with van der Waals surface area (Å²) >= 11 is 0. The minimum Gasteiger partial charge on any atom is -0.368 e. The zero-order valence-electron chi connectivity index (χ0n) is 20.9. The maximum atomic E-state index is 13.3. The van der Waals surface area contributed by atoms with E-state index in [-0.39, 0.29) is 11.9 Å². The van der Waals surface area contributed by atoms with E-state index >= 15 is 0 Å². The first-order valence-corrected chi connectivity index (χ1v) is 13.3. The number of fused-ring (bicyclic) bond motifs is 1. The van der Waals surface area contributed by atoms with Crippen LogP contribution in [-0.4, -0.2) is 56.5 Å². The first-order valence-electron chi connectivity index (χ1n) is 13.3. The second-order valence-electron chi connectivity index (χ2n) is 10.2. The lowest BCUT2D eigenvalue weighted by molar-refractivity contribution is -0.133. The third-order valence-electron chi connectivity index (χ3n) is 7.92. The van der Waals surface area contributed by atoms with Crippen LogP contribution in [0.15, 0.2) is 60.9 Å². The predicted molar refractivity (Wildman–Crippen MR) is 142 cm³/mol.